The van der Waals surface area contributed by atoms with Crippen LogP contribution in [0.15, 0.2) is 24.3 Å². The molecule has 2 rings (SSSR count). The molecular formula is C12H10INO. The van der Waals surface area contributed by atoms with Gasteiger partial charge in [0.05, 0.1) is 12.6 Å². The predicted molar refractivity (Wildman–Crippen MR) is 67.7 cm³/mol. The lowest BCUT2D eigenvalue weighted by atomic mass is 10.1. The third-order valence-electron chi connectivity index (χ3n) is 2.58. The maximum absolute atomic E-state index is 11.7. The second kappa shape index (κ2) is 4.33. The fraction of sp³-hybridized carbons (Fsp3) is 0.250. The molecule has 76 valence electrons. The average molecular weight is 311 g/mol. The molecular weight excluding hydrogens is 301 g/mol. The second-order valence-corrected chi connectivity index (χ2v) is 4.73. The number of Topliss-reactive ketones (excluding diaryl/α,β-unsaturated/α-hetero) is 1. The molecule has 0 fully saturated rings. The summed E-state index contributed by atoms with van der Waals surface area (Å²) in [4.78, 5) is 11.7. The van der Waals surface area contributed by atoms with Gasteiger partial charge in [-0.3, -0.25) is 4.79 Å². The first kappa shape index (κ1) is 10.7. The molecule has 15 heavy (non-hydrogen) atoms. The van der Waals surface area contributed by atoms with Crippen molar-refractivity contribution >= 4 is 28.6 Å². The lowest BCUT2D eigenvalue weighted by molar-refractivity contribution is 0.0980. The van der Waals surface area contributed by atoms with E-state index in [-0.39, 0.29) is 11.8 Å². The van der Waals surface area contributed by atoms with E-state index in [2.05, 4.69) is 28.8 Å². The number of benzene rings is 1. The van der Waals surface area contributed by atoms with Gasteiger partial charge in [-0.05, 0) is 5.56 Å². The van der Waals surface area contributed by atoms with E-state index >= 15 is 0 Å². The van der Waals surface area contributed by atoms with Gasteiger partial charge >= 0.3 is 0 Å². The van der Waals surface area contributed by atoms with E-state index in [1.165, 1.54) is 0 Å². The quantitative estimate of drug-likeness (QED) is 0.475. The van der Waals surface area contributed by atoms with E-state index in [4.69, 9.17) is 6.42 Å². The van der Waals surface area contributed by atoms with Gasteiger partial charge in [-0.2, -0.15) is 0 Å². The van der Waals surface area contributed by atoms with Crippen LogP contribution in [0.4, 0.5) is 0 Å². The van der Waals surface area contributed by atoms with Crippen LogP contribution in [0.1, 0.15) is 28.4 Å². The highest BCUT2D eigenvalue weighted by Crippen LogP contribution is 2.36. The number of halogens is 1. The van der Waals surface area contributed by atoms with E-state index < -0.39 is 0 Å². The van der Waals surface area contributed by atoms with Crippen molar-refractivity contribution in [2.75, 3.05) is 6.54 Å². The summed E-state index contributed by atoms with van der Waals surface area (Å²) in [5, 5.41) is 0. The van der Waals surface area contributed by atoms with Gasteiger partial charge in [0.15, 0.2) is 5.78 Å². The summed E-state index contributed by atoms with van der Waals surface area (Å²) < 4.78 is 2.02. The van der Waals surface area contributed by atoms with Gasteiger partial charge in [0.25, 0.3) is 0 Å². The van der Waals surface area contributed by atoms with Gasteiger partial charge in [0, 0.05) is 34.8 Å². The molecule has 0 saturated carbocycles. The fourth-order valence-electron chi connectivity index (χ4n) is 1.88. The second-order valence-electron chi connectivity index (χ2n) is 3.49. The third kappa shape index (κ3) is 1.92. The Morgan fingerprint density at radius 3 is 3.00 bits per heavy atom. The van der Waals surface area contributed by atoms with E-state index in [1.807, 2.05) is 27.4 Å². The Labute approximate surface area is 103 Å². The zero-order chi connectivity index (χ0) is 10.8. The Balaban J connectivity index is 2.33. The van der Waals surface area contributed by atoms with Crippen molar-refractivity contribution in [2.24, 2.45) is 0 Å². The van der Waals surface area contributed by atoms with Crippen LogP contribution in [0.3, 0.4) is 0 Å². The molecule has 2 nitrogen and oxygen atoms in total. The monoisotopic (exact) mass is 311 g/mol. The molecule has 1 aromatic carbocycles. The summed E-state index contributed by atoms with van der Waals surface area (Å²) in [6.07, 6.45) is 5.82. The average Bonchev–Trinajstić information content (AvgIpc) is 2.58. The molecule has 0 spiro atoms. The van der Waals surface area contributed by atoms with E-state index in [9.17, 15) is 4.79 Å². The van der Waals surface area contributed by atoms with E-state index in [1.54, 1.807) is 0 Å². The molecule has 0 heterocycles. The Morgan fingerprint density at radius 2 is 2.27 bits per heavy atom. The standard InChI is InChI=1S/C12H10INO/c1-2-7-14(13)11-8-12(15)10-6-4-3-5-9(10)11/h1,3-6,11H,7-8H2. The Morgan fingerprint density at radius 1 is 1.53 bits per heavy atom. The number of fused-ring (bicyclic) bond motifs is 1. The van der Waals surface area contributed by atoms with Crippen molar-refractivity contribution in [3.05, 3.63) is 35.4 Å². The molecule has 1 atom stereocenters. The summed E-state index contributed by atoms with van der Waals surface area (Å²) in [6, 6.07) is 7.90. The van der Waals surface area contributed by atoms with Crippen molar-refractivity contribution in [3.63, 3.8) is 0 Å². The van der Waals surface area contributed by atoms with Crippen molar-refractivity contribution in [1.29, 1.82) is 0 Å². The van der Waals surface area contributed by atoms with Gasteiger partial charge < -0.3 is 0 Å². The number of terminal acetylenes is 1. The third-order valence-corrected chi connectivity index (χ3v) is 3.59. The molecule has 0 saturated heterocycles. The Hall–Kier alpha value is -0.860. The number of rotatable bonds is 2. The zero-order valence-electron chi connectivity index (χ0n) is 8.11. The first-order chi connectivity index (χ1) is 7.24. The van der Waals surface area contributed by atoms with Gasteiger partial charge in [0.1, 0.15) is 0 Å². The molecule has 1 aromatic rings. The van der Waals surface area contributed by atoms with Crippen LogP contribution in [0.25, 0.3) is 0 Å². The zero-order valence-corrected chi connectivity index (χ0v) is 10.3. The van der Waals surface area contributed by atoms with Crippen LogP contribution in [0.5, 0.6) is 0 Å². The van der Waals surface area contributed by atoms with Crippen LogP contribution >= 0.6 is 22.9 Å². The molecule has 0 radical (unpaired) electrons. The number of carbonyl (C=O) groups is 1. The highest BCUT2D eigenvalue weighted by atomic mass is 127. The summed E-state index contributed by atoms with van der Waals surface area (Å²) in [6.45, 7) is 0.562. The molecule has 1 unspecified atom stereocenters. The maximum Gasteiger partial charge on any atom is 0.165 e. The minimum atomic E-state index is 0.144. The molecule has 1 aliphatic carbocycles. The SMILES string of the molecule is C#CCN(I)C1CC(=O)c2ccccc21. The summed E-state index contributed by atoms with van der Waals surface area (Å²) in [5.41, 5.74) is 1.95. The van der Waals surface area contributed by atoms with Crippen molar-refractivity contribution in [3.8, 4) is 12.3 Å². The maximum atomic E-state index is 11.7. The number of hydrogen-bond donors (Lipinski definition) is 0. The fourth-order valence-corrected chi connectivity index (χ4v) is 2.58. The first-order valence-electron chi connectivity index (χ1n) is 4.72. The van der Waals surface area contributed by atoms with E-state index in [0.29, 0.717) is 13.0 Å². The first-order valence-corrected chi connectivity index (χ1v) is 5.68. The minimum Gasteiger partial charge on any atom is -0.294 e. The number of carbonyl (C=O) groups excluding carboxylic acids is 1. The topological polar surface area (TPSA) is 20.3 Å². The summed E-state index contributed by atoms with van der Waals surface area (Å²) >= 11 is 2.19. The van der Waals surface area contributed by atoms with Gasteiger partial charge in [-0.15, -0.1) is 6.42 Å². The molecule has 0 bridgehead atoms. The molecule has 3 heteroatoms. The Kier molecular flexibility index (Phi) is 3.08. The predicted octanol–water partition coefficient (Wildman–Crippen LogP) is 2.60. The molecule has 0 N–H and O–H groups in total. The summed E-state index contributed by atoms with van der Waals surface area (Å²) in [7, 11) is 0. The van der Waals surface area contributed by atoms with Crippen molar-refractivity contribution in [1.82, 2.24) is 3.11 Å². The lowest BCUT2D eigenvalue weighted by Crippen LogP contribution is -2.17. The van der Waals surface area contributed by atoms with Gasteiger partial charge in [-0.25, -0.2) is 3.11 Å². The van der Waals surface area contributed by atoms with Crippen LogP contribution in [-0.2, 0) is 0 Å². The number of ketones is 1. The molecule has 0 amide bonds. The van der Waals surface area contributed by atoms with Gasteiger partial charge in [0.2, 0.25) is 0 Å². The normalized spacial score (nSPS) is 19.0. The minimum absolute atomic E-state index is 0.144. The molecule has 0 aromatic heterocycles. The molecule has 0 aliphatic heterocycles. The van der Waals surface area contributed by atoms with Crippen molar-refractivity contribution in [2.45, 2.75) is 12.5 Å². The highest BCUT2D eigenvalue weighted by Gasteiger charge is 2.31. The smallest absolute Gasteiger partial charge is 0.165 e. The number of hydrogen-bond acceptors (Lipinski definition) is 2. The van der Waals surface area contributed by atoms with Crippen LogP contribution in [0, 0.1) is 12.3 Å². The number of nitrogens with zero attached hydrogens (tertiary/aromatic N) is 1. The summed E-state index contributed by atoms with van der Waals surface area (Å²) in [5.74, 6) is 2.81. The largest absolute Gasteiger partial charge is 0.294 e. The lowest BCUT2D eigenvalue weighted by Gasteiger charge is -2.19. The van der Waals surface area contributed by atoms with Crippen LogP contribution in [-0.4, -0.2) is 15.4 Å². The van der Waals surface area contributed by atoms with Crippen LogP contribution < -0.4 is 0 Å². The highest BCUT2D eigenvalue weighted by molar-refractivity contribution is 14.1. The van der Waals surface area contributed by atoms with Gasteiger partial charge in [-0.1, -0.05) is 30.2 Å². The van der Waals surface area contributed by atoms with E-state index in [0.717, 1.165) is 11.1 Å². The molecule has 1 aliphatic rings. The van der Waals surface area contributed by atoms with Crippen LogP contribution in [0.2, 0.25) is 0 Å². The Bertz CT molecular complexity index is 435. The van der Waals surface area contributed by atoms with Crippen molar-refractivity contribution < 1.29 is 4.79 Å².